The number of pyridine rings is 1. The van der Waals surface area contributed by atoms with Gasteiger partial charge in [-0.2, -0.15) is 0 Å². The molecule has 164 valence electrons. The van der Waals surface area contributed by atoms with E-state index in [4.69, 9.17) is 0 Å². The summed E-state index contributed by atoms with van der Waals surface area (Å²) in [6.45, 7) is 6.37. The molecule has 0 bridgehead atoms. The van der Waals surface area contributed by atoms with Crippen LogP contribution in [-0.4, -0.2) is 43.2 Å². The standard InChI is InChI=1S/C24H32N6O/c1-3-17-8-9-21-18(14-17)15-20(24(31)25-21)22(29-12-10-16(2)11-13-29)23-26-27-28-30(23)19-6-4-5-7-19/h8-9,14-16,19,22H,3-7,10-13H2,1-2H3,(H,25,31). The molecule has 2 aliphatic rings. The Morgan fingerprint density at radius 1 is 1.13 bits per heavy atom. The van der Waals surface area contributed by atoms with Gasteiger partial charge in [-0.15, -0.1) is 5.10 Å². The summed E-state index contributed by atoms with van der Waals surface area (Å²) in [5, 5.41) is 14.0. The molecule has 1 saturated carbocycles. The highest BCUT2D eigenvalue weighted by Crippen LogP contribution is 2.35. The van der Waals surface area contributed by atoms with Crippen molar-refractivity contribution in [2.45, 2.75) is 70.9 Å². The molecular formula is C24H32N6O. The van der Waals surface area contributed by atoms with E-state index >= 15 is 0 Å². The Morgan fingerprint density at radius 2 is 1.90 bits per heavy atom. The minimum Gasteiger partial charge on any atom is -0.322 e. The number of aromatic amines is 1. The smallest absolute Gasteiger partial charge is 0.253 e. The van der Waals surface area contributed by atoms with Gasteiger partial charge in [0.05, 0.1) is 6.04 Å². The topological polar surface area (TPSA) is 79.7 Å². The van der Waals surface area contributed by atoms with Crippen molar-refractivity contribution in [1.82, 2.24) is 30.1 Å². The van der Waals surface area contributed by atoms with Crippen LogP contribution in [0.4, 0.5) is 0 Å². The molecule has 1 aromatic carbocycles. The van der Waals surface area contributed by atoms with Gasteiger partial charge in [0.15, 0.2) is 5.82 Å². The maximum Gasteiger partial charge on any atom is 0.253 e. The van der Waals surface area contributed by atoms with Crippen molar-refractivity contribution in [1.29, 1.82) is 0 Å². The molecule has 5 rings (SSSR count). The van der Waals surface area contributed by atoms with E-state index in [2.05, 4.69) is 57.5 Å². The van der Waals surface area contributed by atoms with Crippen LogP contribution < -0.4 is 5.56 Å². The van der Waals surface area contributed by atoms with Crippen LogP contribution in [0.1, 0.15) is 81.4 Å². The third-order valence-corrected chi connectivity index (χ3v) is 7.26. The molecule has 0 amide bonds. The van der Waals surface area contributed by atoms with Crippen molar-refractivity contribution in [3.05, 3.63) is 51.6 Å². The molecule has 1 unspecified atom stereocenters. The number of hydrogen-bond acceptors (Lipinski definition) is 5. The number of likely N-dealkylation sites (tertiary alicyclic amines) is 1. The third-order valence-electron chi connectivity index (χ3n) is 7.26. The van der Waals surface area contributed by atoms with Gasteiger partial charge in [0.2, 0.25) is 0 Å². The summed E-state index contributed by atoms with van der Waals surface area (Å²) in [5.74, 6) is 1.53. The molecule has 1 saturated heterocycles. The Labute approximate surface area is 182 Å². The lowest BCUT2D eigenvalue weighted by atomic mass is 9.95. The second-order valence-electron chi connectivity index (χ2n) is 9.37. The molecule has 7 heteroatoms. The number of aromatic nitrogens is 5. The molecule has 2 fully saturated rings. The summed E-state index contributed by atoms with van der Waals surface area (Å²) < 4.78 is 2.02. The van der Waals surface area contributed by atoms with Crippen LogP contribution in [0.5, 0.6) is 0 Å². The van der Waals surface area contributed by atoms with E-state index in [1.54, 1.807) is 0 Å². The minimum atomic E-state index is -0.221. The monoisotopic (exact) mass is 420 g/mol. The summed E-state index contributed by atoms with van der Waals surface area (Å²) in [4.78, 5) is 18.8. The molecule has 0 radical (unpaired) electrons. The van der Waals surface area contributed by atoms with Gasteiger partial charge in [0, 0.05) is 11.1 Å². The maximum atomic E-state index is 13.3. The van der Waals surface area contributed by atoms with Crippen LogP contribution in [0.3, 0.4) is 0 Å². The van der Waals surface area contributed by atoms with Crippen LogP contribution in [0, 0.1) is 5.92 Å². The van der Waals surface area contributed by atoms with Crippen molar-refractivity contribution in [3.63, 3.8) is 0 Å². The number of H-pyrrole nitrogens is 1. The Balaban J connectivity index is 1.63. The molecule has 31 heavy (non-hydrogen) atoms. The highest BCUT2D eigenvalue weighted by molar-refractivity contribution is 5.80. The number of piperidine rings is 1. The molecule has 7 nitrogen and oxygen atoms in total. The van der Waals surface area contributed by atoms with Crippen molar-refractivity contribution >= 4 is 10.9 Å². The average molecular weight is 421 g/mol. The van der Waals surface area contributed by atoms with E-state index in [1.165, 1.54) is 18.4 Å². The molecule has 2 aromatic heterocycles. The molecule has 3 aromatic rings. The first-order valence-electron chi connectivity index (χ1n) is 11.8. The van der Waals surface area contributed by atoms with Crippen molar-refractivity contribution in [2.75, 3.05) is 13.1 Å². The van der Waals surface area contributed by atoms with Crippen LogP contribution in [0.15, 0.2) is 29.1 Å². The predicted molar refractivity (Wildman–Crippen MR) is 121 cm³/mol. The van der Waals surface area contributed by atoms with E-state index in [0.717, 1.165) is 67.5 Å². The third kappa shape index (κ3) is 3.91. The molecule has 0 spiro atoms. The van der Waals surface area contributed by atoms with Gasteiger partial charge >= 0.3 is 0 Å². The fraction of sp³-hybridized carbons (Fsp3) is 0.583. The van der Waals surface area contributed by atoms with Crippen molar-refractivity contribution in [3.8, 4) is 0 Å². The Morgan fingerprint density at radius 3 is 2.65 bits per heavy atom. The SMILES string of the molecule is CCc1ccc2[nH]c(=O)c(C(c3nnnn3C3CCCC3)N3CCC(C)CC3)cc2c1. The predicted octanol–water partition coefficient (Wildman–Crippen LogP) is 4.01. The average Bonchev–Trinajstić information content (AvgIpc) is 3.47. The van der Waals surface area contributed by atoms with E-state index in [0.29, 0.717) is 12.0 Å². The minimum absolute atomic E-state index is 0.0404. The second-order valence-corrected chi connectivity index (χ2v) is 9.37. The zero-order valence-electron chi connectivity index (χ0n) is 18.5. The number of hydrogen-bond donors (Lipinski definition) is 1. The number of tetrazole rings is 1. The van der Waals surface area contributed by atoms with Gasteiger partial charge < -0.3 is 4.98 Å². The van der Waals surface area contributed by atoms with E-state index in [-0.39, 0.29) is 11.6 Å². The molecule has 1 aliphatic carbocycles. The maximum absolute atomic E-state index is 13.3. The number of nitrogens with zero attached hydrogens (tertiary/aromatic N) is 5. The summed E-state index contributed by atoms with van der Waals surface area (Å²) in [6, 6.07) is 8.47. The first-order chi connectivity index (χ1) is 15.1. The van der Waals surface area contributed by atoms with Gasteiger partial charge in [-0.1, -0.05) is 32.8 Å². The van der Waals surface area contributed by atoms with E-state index < -0.39 is 0 Å². The lowest BCUT2D eigenvalue weighted by Crippen LogP contribution is -2.40. The summed E-state index contributed by atoms with van der Waals surface area (Å²) in [7, 11) is 0. The lowest BCUT2D eigenvalue weighted by Gasteiger charge is -2.36. The van der Waals surface area contributed by atoms with E-state index in [9.17, 15) is 4.79 Å². The lowest BCUT2D eigenvalue weighted by molar-refractivity contribution is 0.147. The van der Waals surface area contributed by atoms with Crippen LogP contribution in [0.25, 0.3) is 10.9 Å². The van der Waals surface area contributed by atoms with E-state index in [1.807, 2.05) is 10.7 Å². The summed E-state index contributed by atoms with van der Waals surface area (Å²) in [5.41, 5.74) is 2.86. The van der Waals surface area contributed by atoms with Gasteiger partial charge in [-0.3, -0.25) is 9.69 Å². The molecule has 1 aliphatic heterocycles. The quantitative estimate of drug-likeness (QED) is 0.674. The largest absolute Gasteiger partial charge is 0.322 e. The molecular weight excluding hydrogens is 388 g/mol. The normalized spacial score (nSPS) is 19.9. The number of benzene rings is 1. The van der Waals surface area contributed by atoms with Gasteiger partial charge in [0.1, 0.15) is 6.04 Å². The fourth-order valence-electron chi connectivity index (χ4n) is 5.27. The Kier molecular flexibility index (Phi) is 5.61. The van der Waals surface area contributed by atoms with Crippen LogP contribution in [0.2, 0.25) is 0 Å². The van der Waals surface area contributed by atoms with Gasteiger partial charge in [-0.25, -0.2) is 4.68 Å². The number of rotatable bonds is 5. The number of fused-ring (bicyclic) bond motifs is 1. The summed E-state index contributed by atoms with van der Waals surface area (Å²) >= 11 is 0. The Bertz CT molecular complexity index is 1100. The number of nitrogens with one attached hydrogen (secondary N) is 1. The van der Waals surface area contributed by atoms with Crippen LogP contribution >= 0.6 is 0 Å². The molecule has 3 heterocycles. The van der Waals surface area contributed by atoms with Crippen molar-refractivity contribution in [2.24, 2.45) is 5.92 Å². The van der Waals surface area contributed by atoms with Crippen molar-refractivity contribution < 1.29 is 0 Å². The molecule has 1 N–H and O–H groups in total. The Hall–Kier alpha value is -2.54. The first-order valence-corrected chi connectivity index (χ1v) is 11.8. The summed E-state index contributed by atoms with van der Waals surface area (Å²) in [6.07, 6.45) is 7.88. The highest BCUT2D eigenvalue weighted by atomic mass is 16.1. The second kappa shape index (κ2) is 8.54. The fourth-order valence-corrected chi connectivity index (χ4v) is 5.27. The highest BCUT2D eigenvalue weighted by Gasteiger charge is 2.34. The molecule has 1 atom stereocenters. The zero-order valence-corrected chi connectivity index (χ0v) is 18.5. The van der Waals surface area contributed by atoms with Gasteiger partial charge in [0.25, 0.3) is 5.56 Å². The van der Waals surface area contributed by atoms with Gasteiger partial charge in [-0.05, 0) is 90.7 Å². The zero-order chi connectivity index (χ0) is 21.4. The van der Waals surface area contributed by atoms with Crippen LogP contribution in [-0.2, 0) is 6.42 Å². The first kappa shape index (κ1) is 20.4. The number of aryl methyl sites for hydroxylation is 1.